The average molecular weight is 224 g/mol. The second-order valence-corrected chi connectivity index (χ2v) is 6.16. The number of hydrogen-bond acceptors (Lipinski definition) is 5. The van der Waals surface area contributed by atoms with Crippen LogP contribution in [-0.4, -0.2) is 42.3 Å². The van der Waals surface area contributed by atoms with E-state index in [2.05, 4.69) is 0 Å². The van der Waals surface area contributed by atoms with Crippen LogP contribution in [0, 0.1) is 0 Å². The molecule has 0 aliphatic carbocycles. The first-order valence-corrected chi connectivity index (χ1v) is 6.02. The molecule has 0 aromatic heterocycles. The van der Waals surface area contributed by atoms with Crippen molar-refractivity contribution < 1.29 is 18.0 Å². The molecule has 1 atom stereocenters. The molecule has 6 heteroatoms. The van der Waals surface area contributed by atoms with Gasteiger partial charge in [-0.15, -0.1) is 0 Å². The lowest BCUT2D eigenvalue weighted by Gasteiger charge is -2.29. The molecule has 0 saturated carbocycles. The molecule has 0 bridgehead atoms. The zero-order chi connectivity index (χ0) is 10.5. The Balaban J connectivity index is 4.62. The van der Waals surface area contributed by atoms with Crippen molar-refractivity contribution in [3.05, 3.63) is 0 Å². The van der Waals surface area contributed by atoms with Crippen LogP contribution in [0.2, 0.25) is 5.54 Å². The highest BCUT2D eigenvalue weighted by atomic mass is 32.1. The van der Waals surface area contributed by atoms with Gasteiger partial charge in [0.2, 0.25) is 0 Å². The number of thiocarbonyl (C=S) groups is 1. The zero-order valence-electron chi connectivity index (χ0n) is 8.62. The van der Waals surface area contributed by atoms with E-state index in [-0.39, 0.29) is 5.54 Å². The Morgan fingerprint density at radius 3 is 1.69 bits per heavy atom. The largest absolute Gasteiger partial charge is 0.511 e. The molecule has 0 aromatic rings. The number of ether oxygens (including phenoxy) is 1. The summed E-state index contributed by atoms with van der Waals surface area (Å²) in [5.74, 6) is 0. The maximum atomic E-state index is 5.25. The molecular formula is C7H16O4SSi. The van der Waals surface area contributed by atoms with E-state index in [1.54, 1.807) is 21.3 Å². The third-order valence-corrected chi connectivity index (χ3v) is 5.70. The fourth-order valence-electron chi connectivity index (χ4n) is 1.10. The maximum Gasteiger partial charge on any atom is 0.511 e. The third kappa shape index (κ3) is 2.71. The van der Waals surface area contributed by atoms with Gasteiger partial charge in [0.25, 0.3) is 0 Å². The molecular weight excluding hydrogens is 208 g/mol. The molecule has 0 aliphatic heterocycles. The molecule has 0 saturated heterocycles. The first kappa shape index (κ1) is 13.0. The van der Waals surface area contributed by atoms with Gasteiger partial charge >= 0.3 is 8.80 Å². The van der Waals surface area contributed by atoms with Crippen LogP contribution in [0.4, 0.5) is 0 Å². The predicted molar refractivity (Wildman–Crippen MR) is 55.8 cm³/mol. The number of methoxy groups -OCH3 is 1. The highest BCUT2D eigenvalue weighted by Crippen LogP contribution is 2.25. The summed E-state index contributed by atoms with van der Waals surface area (Å²) in [7, 11) is 3.50. The average Bonchev–Trinajstić information content (AvgIpc) is 2.20. The molecule has 0 aromatic carbocycles. The molecule has 1 unspecified atom stereocenters. The van der Waals surface area contributed by atoms with Crippen LogP contribution in [0.25, 0.3) is 0 Å². The highest BCUT2D eigenvalue weighted by Gasteiger charge is 2.47. The first-order chi connectivity index (χ1) is 6.07. The van der Waals surface area contributed by atoms with Crippen molar-refractivity contribution in [3.63, 3.8) is 0 Å². The van der Waals surface area contributed by atoms with Crippen molar-refractivity contribution in [2.45, 2.75) is 12.5 Å². The van der Waals surface area contributed by atoms with E-state index in [1.807, 2.05) is 6.92 Å². The van der Waals surface area contributed by atoms with E-state index >= 15 is 0 Å². The van der Waals surface area contributed by atoms with E-state index in [1.165, 1.54) is 7.11 Å². The van der Waals surface area contributed by atoms with Gasteiger partial charge in [0, 0.05) is 21.3 Å². The second-order valence-electron chi connectivity index (χ2n) is 2.46. The smallest absolute Gasteiger partial charge is 0.490 e. The molecule has 0 fully saturated rings. The van der Waals surface area contributed by atoms with Crippen molar-refractivity contribution in [2.75, 3.05) is 28.4 Å². The summed E-state index contributed by atoms with van der Waals surface area (Å²) in [6, 6.07) is 0. The van der Waals surface area contributed by atoms with Gasteiger partial charge in [0.15, 0.2) is 5.05 Å². The predicted octanol–water partition coefficient (Wildman–Crippen LogP) is 1.23. The lowest BCUT2D eigenvalue weighted by atomic mass is 10.5. The van der Waals surface area contributed by atoms with E-state index in [0.717, 1.165) is 0 Å². The summed E-state index contributed by atoms with van der Waals surface area (Å²) in [5, 5.41) is 0.442. The minimum Gasteiger partial charge on any atom is -0.490 e. The zero-order valence-corrected chi connectivity index (χ0v) is 10.4. The molecule has 78 valence electrons. The van der Waals surface area contributed by atoms with E-state index < -0.39 is 8.80 Å². The topological polar surface area (TPSA) is 36.9 Å². The standard InChI is InChI=1S/C7H16O4SSi/c1-6(7(12)8-2)13(9-3,10-4)11-5/h6H,1-5H3. The van der Waals surface area contributed by atoms with Crippen molar-refractivity contribution >= 4 is 26.1 Å². The number of hydrogen-bond donors (Lipinski definition) is 0. The summed E-state index contributed by atoms with van der Waals surface area (Å²) in [4.78, 5) is 0. The quantitative estimate of drug-likeness (QED) is 0.518. The van der Waals surface area contributed by atoms with Gasteiger partial charge in [-0.2, -0.15) is 0 Å². The summed E-state index contributed by atoms with van der Waals surface area (Å²) in [6.45, 7) is 1.87. The second kappa shape index (κ2) is 5.66. The molecule has 0 aliphatic rings. The van der Waals surface area contributed by atoms with Crippen molar-refractivity contribution in [2.24, 2.45) is 0 Å². The lowest BCUT2D eigenvalue weighted by molar-refractivity contribution is 0.118. The van der Waals surface area contributed by atoms with Crippen molar-refractivity contribution in [1.82, 2.24) is 0 Å². The van der Waals surface area contributed by atoms with Crippen LogP contribution >= 0.6 is 12.2 Å². The van der Waals surface area contributed by atoms with Gasteiger partial charge in [-0.1, -0.05) is 0 Å². The SMILES string of the molecule is COC(=S)C(C)[Si](OC)(OC)OC. The Morgan fingerprint density at radius 1 is 1.08 bits per heavy atom. The molecule has 4 nitrogen and oxygen atoms in total. The molecule has 0 rings (SSSR count). The van der Waals surface area contributed by atoms with Gasteiger partial charge in [0.05, 0.1) is 12.7 Å². The Hall–Kier alpha value is -0.0131. The van der Waals surface area contributed by atoms with E-state index in [4.69, 9.17) is 30.2 Å². The van der Waals surface area contributed by atoms with E-state index in [9.17, 15) is 0 Å². The Labute approximate surface area is 85.5 Å². The normalized spacial score (nSPS) is 13.9. The van der Waals surface area contributed by atoms with Crippen LogP contribution in [-0.2, 0) is 18.0 Å². The molecule has 0 radical (unpaired) electrons. The fourth-order valence-corrected chi connectivity index (χ4v) is 3.50. The fraction of sp³-hybridized carbons (Fsp3) is 0.857. The monoisotopic (exact) mass is 224 g/mol. The van der Waals surface area contributed by atoms with Gasteiger partial charge in [0.1, 0.15) is 0 Å². The summed E-state index contributed by atoms with van der Waals surface area (Å²) < 4.78 is 20.7. The van der Waals surface area contributed by atoms with Crippen LogP contribution < -0.4 is 0 Å². The molecule has 13 heavy (non-hydrogen) atoms. The molecule has 0 heterocycles. The van der Waals surface area contributed by atoms with Gasteiger partial charge in [-0.05, 0) is 19.1 Å². The highest BCUT2D eigenvalue weighted by molar-refractivity contribution is 7.80. The molecule has 0 N–H and O–H groups in total. The number of rotatable bonds is 5. The van der Waals surface area contributed by atoms with Crippen LogP contribution in [0.3, 0.4) is 0 Å². The maximum absolute atomic E-state index is 5.25. The van der Waals surface area contributed by atoms with Gasteiger partial charge in [-0.3, -0.25) is 0 Å². The summed E-state index contributed by atoms with van der Waals surface area (Å²) in [6.07, 6.45) is 0. The Bertz CT molecular complexity index is 164. The van der Waals surface area contributed by atoms with Gasteiger partial charge in [-0.25, -0.2) is 0 Å². The van der Waals surface area contributed by atoms with Crippen molar-refractivity contribution in [1.29, 1.82) is 0 Å². The Morgan fingerprint density at radius 2 is 1.46 bits per heavy atom. The van der Waals surface area contributed by atoms with E-state index in [0.29, 0.717) is 5.05 Å². The third-order valence-electron chi connectivity index (χ3n) is 1.94. The first-order valence-electron chi connectivity index (χ1n) is 3.81. The van der Waals surface area contributed by atoms with Crippen LogP contribution in [0.15, 0.2) is 0 Å². The lowest BCUT2D eigenvalue weighted by Crippen LogP contribution is -2.49. The minimum atomic E-state index is -2.67. The van der Waals surface area contributed by atoms with Crippen LogP contribution in [0.1, 0.15) is 6.92 Å². The Kier molecular flexibility index (Phi) is 5.66. The van der Waals surface area contributed by atoms with Gasteiger partial charge < -0.3 is 18.0 Å². The molecule has 0 amide bonds. The summed E-state index contributed by atoms with van der Waals surface area (Å²) in [5.41, 5.74) is -0.146. The van der Waals surface area contributed by atoms with Crippen LogP contribution in [0.5, 0.6) is 0 Å². The summed E-state index contributed by atoms with van der Waals surface area (Å²) >= 11 is 5.00. The molecule has 0 spiro atoms. The van der Waals surface area contributed by atoms with Crippen molar-refractivity contribution in [3.8, 4) is 0 Å². The minimum absolute atomic E-state index is 0.146.